The van der Waals surface area contributed by atoms with Gasteiger partial charge in [0.05, 0.1) is 6.54 Å². The molecule has 2 rings (SSSR count). The summed E-state index contributed by atoms with van der Waals surface area (Å²) in [6, 6.07) is 12.8. The van der Waals surface area contributed by atoms with Crippen LogP contribution in [0.3, 0.4) is 0 Å². The van der Waals surface area contributed by atoms with Crippen LogP contribution in [0.1, 0.15) is 62.8 Å². The Bertz CT molecular complexity index is 692. The quantitative estimate of drug-likeness (QED) is 0.533. The second-order valence-corrected chi connectivity index (χ2v) is 7.27. The second-order valence-electron chi connectivity index (χ2n) is 7.27. The van der Waals surface area contributed by atoms with Crippen molar-refractivity contribution in [3.8, 4) is 0 Å². The van der Waals surface area contributed by atoms with Crippen LogP contribution in [0, 0.1) is 6.92 Å². The van der Waals surface area contributed by atoms with Gasteiger partial charge in [-0.3, -0.25) is 0 Å². The molecule has 1 heterocycles. The summed E-state index contributed by atoms with van der Waals surface area (Å²) in [6.07, 6.45) is 7.60. The van der Waals surface area contributed by atoms with Gasteiger partial charge in [0, 0.05) is 31.5 Å². The molecule has 4 heteroatoms. The third kappa shape index (κ3) is 6.78. The molecule has 1 aromatic carbocycles. The van der Waals surface area contributed by atoms with Crippen molar-refractivity contribution in [3.63, 3.8) is 0 Å². The minimum atomic E-state index is 0.0585. The van der Waals surface area contributed by atoms with Gasteiger partial charge in [0.1, 0.15) is 0 Å². The number of aryl methyl sites for hydroxylation is 1. The van der Waals surface area contributed by atoms with Gasteiger partial charge >= 0.3 is 6.03 Å². The van der Waals surface area contributed by atoms with Crippen molar-refractivity contribution in [2.75, 3.05) is 13.1 Å². The number of nitrogens with one attached hydrogen (secondary N) is 1. The zero-order valence-electron chi connectivity index (χ0n) is 17.2. The Hall–Kier alpha value is -2.23. The molecule has 0 fully saturated rings. The van der Waals surface area contributed by atoms with Crippen LogP contribution in [0.4, 0.5) is 4.79 Å². The average molecular weight is 370 g/mol. The lowest BCUT2D eigenvalue weighted by Gasteiger charge is -2.24. The van der Waals surface area contributed by atoms with E-state index in [1.165, 1.54) is 16.8 Å². The highest BCUT2D eigenvalue weighted by Crippen LogP contribution is 2.14. The molecule has 148 valence electrons. The summed E-state index contributed by atoms with van der Waals surface area (Å²) in [7, 11) is 0. The van der Waals surface area contributed by atoms with Gasteiger partial charge in [-0.2, -0.15) is 0 Å². The van der Waals surface area contributed by atoms with Crippen LogP contribution in [0.2, 0.25) is 0 Å². The van der Waals surface area contributed by atoms with Gasteiger partial charge in [0.15, 0.2) is 0 Å². The molecule has 0 unspecified atom stereocenters. The van der Waals surface area contributed by atoms with Gasteiger partial charge in [-0.15, -0.1) is 0 Å². The summed E-state index contributed by atoms with van der Waals surface area (Å²) in [4.78, 5) is 14.6. The Balaban J connectivity index is 2.06. The van der Waals surface area contributed by atoms with E-state index in [-0.39, 0.29) is 6.03 Å². The summed E-state index contributed by atoms with van der Waals surface area (Å²) >= 11 is 0. The predicted molar refractivity (Wildman–Crippen MR) is 113 cm³/mol. The largest absolute Gasteiger partial charge is 0.345 e. The monoisotopic (exact) mass is 369 g/mol. The first-order chi connectivity index (χ1) is 13.2. The van der Waals surface area contributed by atoms with Crippen LogP contribution in [-0.2, 0) is 13.1 Å². The van der Waals surface area contributed by atoms with E-state index in [4.69, 9.17) is 0 Å². The number of hydrogen-bond acceptors (Lipinski definition) is 1. The average Bonchev–Trinajstić information content (AvgIpc) is 3.10. The molecule has 27 heavy (non-hydrogen) atoms. The fraction of sp³-hybridized carbons (Fsp3) is 0.522. The van der Waals surface area contributed by atoms with E-state index in [0.717, 1.165) is 51.7 Å². The SMILES string of the molecule is CCCCCN(Cc1cccn1Cc1ccccc1C)C(=O)NCCCC. The number of rotatable bonds is 11. The van der Waals surface area contributed by atoms with Crippen molar-refractivity contribution >= 4 is 6.03 Å². The van der Waals surface area contributed by atoms with E-state index in [1.54, 1.807) is 0 Å². The molecule has 0 atom stereocenters. The lowest BCUT2D eigenvalue weighted by Crippen LogP contribution is -2.40. The van der Waals surface area contributed by atoms with Crippen LogP contribution in [0.5, 0.6) is 0 Å². The van der Waals surface area contributed by atoms with Gasteiger partial charge in [-0.05, 0) is 43.0 Å². The smallest absolute Gasteiger partial charge is 0.317 e. The minimum absolute atomic E-state index is 0.0585. The van der Waals surface area contributed by atoms with Crippen LogP contribution in [0.15, 0.2) is 42.6 Å². The molecule has 0 saturated heterocycles. The molecule has 1 N–H and O–H groups in total. The van der Waals surface area contributed by atoms with Crippen molar-refractivity contribution in [2.24, 2.45) is 0 Å². The first kappa shape index (κ1) is 21.1. The third-order valence-corrected chi connectivity index (χ3v) is 5.00. The number of urea groups is 1. The zero-order chi connectivity index (χ0) is 19.5. The number of benzene rings is 1. The van der Waals surface area contributed by atoms with Crippen molar-refractivity contribution in [3.05, 3.63) is 59.4 Å². The second kappa shape index (κ2) is 11.5. The van der Waals surface area contributed by atoms with Crippen LogP contribution >= 0.6 is 0 Å². The van der Waals surface area contributed by atoms with Crippen molar-refractivity contribution in [1.82, 2.24) is 14.8 Å². The first-order valence-electron chi connectivity index (χ1n) is 10.4. The zero-order valence-corrected chi connectivity index (χ0v) is 17.2. The number of amides is 2. The lowest BCUT2D eigenvalue weighted by atomic mass is 10.1. The Morgan fingerprint density at radius 3 is 2.56 bits per heavy atom. The first-order valence-corrected chi connectivity index (χ1v) is 10.4. The highest BCUT2D eigenvalue weighted by atomic mass is 16.2. The summed E-state index contributed by atoms with van der Waals surface area (Å²) < 4.78 is 2.26. The lowest BCUT2D eigenvalue weighted by molar-refractivity contribution is 0.192. The van der Waals surface area contributed by atoms with E-state index < -0.39 is 0 Å². The van der Waals surface area contributed by atoms with Gasteiger partial charge in [-0.25, -0.2) is 4.79 Å². The van der Waals surface area contributed by atoms with Gasteiger partial charge in [0.2, 0.25) is 0 Å². The molecule has 1 aromatic heterocycles. The highest BCUT2D eigenvalue weighted by molar-refractivity contribution is 5.74. The van der Waals surface area contributed by atoms with Gasteiger partial charge < -0.3 is 14.8 Å². The summed E-state index contributed by atoms with van der Waals surface area (Å²) in [5, 5.41) is 3.08. The number of nitrogens with zero attached hydrogens (tertiary/aromatic N) is 2. The van der Waals surface area contributed by atoms with E-state index in [2.05, 4.69) is 73.3 Å². The number of hydrogen-bond donors (Lipinski definition) is 1. The summed E-state index contributed by atoms with van der Waals surface area (Å²) in [6.45, 7) is 9.54. The maximum Gasteiger partial charge on any atom is 0.317 e. The number of carbonyl (C=O) groups is 1. The molecular weight excluding hydrogens is 334 g/mol. The summed E-state index contributed by atoms with van der Waals surface area (Å²) in [5.41, 5.74) is 3.80. The molecular formula is C23H35N3O. The Morgan fingerprint density at radius 2 is 1.81 bits per heavy atom. The molecule has 0 aliphatic carbocycles. The number of unbranched alkanes of at least 4 members (excludes halogenated alkanes) is 3. The van der Waals surface area contributed by atoms with Crippen molar-refractivity contribution < 1.29 is 4.79 Å². The molecule has 0 aliphatic heterocycles. The van der Waals surface area contributed by atoms with Gasteiger partial charge in [-0.1, -0.05) is 57.4 Å². The normalized spacial score (nSPS) is 10.8. The molecule has 0 radical (unpaired) electrons. The van der Waals surface area contributed by atoms with Crippen LogP contribution < -0.4 is 5.32 Å². The Labute approximate surface area is 164 Å². The van der Waals surface area contributed by atoms with E-state index >= 15 is 0 Å². The molecule has 4 nitrogen and oxygen atoms in total. The fourth-order valence-electron chi connectivity index (χ4n) is 3.20. The topological polar surface area (TPSA) is 37.3 Å². The third-order valence-electron chi connectivity index (χ3n) is 5.00. The van der Waals surface area contributed by atoms with Crippen molar-refractivity contribution in [2.45, 2.75) is 66.0 Å². The molecule has 0 saturated carbocycles. The predicted octanol–water partition coefficient (Wildman–Crippen LogP) is 5.35. The number of carbonyl (C=O) groups excluding carboxylic acids is 1. The van der Waals surface area contributed by atoms with Crippen molar-refractivity contribution in [1.29, 1.82) is 0 Å². The van der Waals surface area contributed by atoms with E-state index in [1.807, 2.05) is 4.90 Å². The molecule has 2 amide bonds. The standard InChI is InChI=1S/C23H35N3O/c1-4-6-10-16-26(23(27)24-15-7-5-2)19-22-14-11-17-25(22)18-21-13-9-8-12-20(21)3/h8-9,11-14,17H,4-7,10,15-16,18-19H2,1-3H3,(H,24,27). The molecule has 0 bridgehead atoms. The Morgan fingerprint density at radius 1 is 1.04 bits per heavy atom. The van der Waals surface area contributed by atoms with Crippen LogP contribution in [-0.4, -0.2) is 28.6 Å². The van der Waals surface area contributed by atoms with Crippen LogP contribution in [0.25, 0.3) is 0 Å². The van der Waals surface area contributed by atoms with Gasteiger partial charge in [0.25, 0.3) is 0 Å². The number of aromatic nitrogens is 1. The summed E-state index contributed by atoms with van der Waals surface area (Å²) in [5.74, 6) is 0. The van der Waals surface area contributed by atoms with E-state index in [9.17, 15) is 4.79 Å². The Kier molecular flexibility index (Phi) is 8.96. The molecule has 2 aromatic rings. The fourth-order valence-corrected chi connectivity index (χ4v) is 3.20. The highest BCUT2D eigenvalue weighted by Gasteiger charge is 2.15. The maximum atomic E-state index is 12.7. The molecule has 0 spiro atoms. The maximum absolute atomic E-state index is 12.7. The minimum Gasteiger partial charge on any atom is -0.345 e. The van der Waals surface area contributed by atoms with E-state index in [0.29, 0.717) is 6.54 Å². The molecule has 0 aliphatic rings.